The first-order valence-corrected chi connectivity index (χ1v) is 9.36. The van der Waals surface area contributed by atoms with E-state index in [4.69, 9.17) is 23.2 Å². The molecule has 1 aromatic carbocycles. The van der Waals surface area contributed by atoms with Gasteiger partial charge in [-0.05, 0) is 37.1 Å². The molecule has 20 heavy (non-hydrogen) atoms. The molecule has 0 fully saturated rings. The third-order valence-corrected chi connectivity index (χ3v) is 5.53. The monoisotopic (exact) mass is 337 g/mol. The van der Waals surface area contributed by atoms with Crippen molar-refractivity contribution in [3.63, 3.8) is 0 Å². The molecule has 6 heteroatoms. The highest BCUT2D eigenvalue weighted by Gasteiger charge is 2.15. The highest BCUT2D eigenvalue weighted by molar-refractivity contribution is 7.91. The summed E-state index contributed by atoms with van der Waals surface area (Å²) in [7, 11) is -2.91. The SMILES string of the molecule is CCNC(CCCS(=O)(=O)CC)c1ccc(Cl)cc1Cl. The lowest BCUT2D eigenvalue weighted by molar-refractivity contribution is 0.507. The Morgan fingerprint density at radius 3 is 2.50 bits per heavy atom. The Kier molecular flexibility index (Phi) is 7.30. The summed E-state index contributed by atoms with van der Waals surface area (Å²) in [5.74, 6) is 0.414. The molecule has 0 aromatic heterocycles. The van der Waals surface area contributed by atoms with Crippen LogP contribution in [0.25, 0.3) is 0 Å². The second kappa shape index (κ2) is 8.23. The van der Waals surface area contributed by atoms with E-state index in [1.807, 2.05) is 13.0 Å². The molecule has 0 radical (unpaired) electrons. The van der Waals surface area contributed by atoms with Crippen LogP contribution in [0.5, 0.6) is 0 Å². The normalized spacial score (nSPS) is 13.4. The van der Waals surface area contributed by atoms with Crippen molar-refractivity contribution in [2.75, 3.05) is 18.1 Å². The van der Waals surface area contributed by atoms with E-state index in [-0.39, 0.29) is 17.5 Å². The molecular formula is C14H21Cl2NO2S. The fourth-order valence-corrected chi connectivity index (χ4v) is 3.49. The molecule has 1 atom stereocenters. The lowest BCUT2D eigenvalue weighted by Gasteiger charge is -2.19. The van der Waals surface area contributed by atoms with Gasteiger partial charge < -0.3 is 5.32 Å². The molecule has 1 N–H and O–H groups in total. The van der Waals surface area contributed by atoms with Gasteiger partial charge in [-0.15, -0.1) is 0 Å². The number of benzene rings is 1. The van der Waals surface area contributed by atoms with Crippen molar-refractivity contribution >= 4 is 33.0 Å². The maximum atomic E-state index is 11.5. The molecule has 3 nitrogen and oxygen atoms in total. The molecular weight excluding hydrogens is 317 g/mol. The zero-order valence-corrected chi connectivity index (χ0v) is 14.2. The fraction of sp³-hybridized carbons (Fsp3) is 0.571. The predicted octanol–water partition coefficient (Wildman–Crippen LogP) is 3.86. The zero-order chi connectivity index (χ0) is 15.2. The molecule has 1 rings (SSSR count). The summed E-state index contributed by atoms with van der Waals surface area (Å²) in [6.45, 7) is 4.48. The van der Waals surface area contributed by atoms with Crippen LogP contribution < -0.4 is 5.32 Å². The van der Waals surface area contributed by atoms with Crippen molar-refractivity contribution in [1.82, 2.24) is 5.32 Å². The molecule has 1 unspecified atom stereocenters. The highest BCUT2D eigenvalue weighted by Crippen LogP contribution is 2.29. The van der Waals surface area contributed by atoms with E-state index in [9.17, 15) is 8.42 Å². The van der Waals surface area contributed by atoms with Gasteiger partial charge in [0.1, 0.15) is 9.84 Å². The molecule has 114 valence electrons. The second-order valence-corrected chi connectivity index (χ2v) is 7.97. The van der Waals surface area contributed by atoms with E-state index >= 15 is 0 Å². The van der Waals surface area contributed by atoms with Crippen LogP contribution in [0.2, 0.25) is 10.0 Å². The number of halogens is 2. The van der Waals surface area contributed by atoms with Crippen LogP contribution in [0.1, 0.15) is 38.3 Å². The fourth-order valence-electron chi connectivity index (χ4n) is 2.05. The summed E-state index contributed by atoms with van der Waals surface area (Å²) in [5.41, 5.74) is 0.965. The molecule has 0 saturated heterocycles. The molecule has 0 saturated carbocycles. The molecule has 0 aliphatic heterocycles. The molecule has 0 bridgehead atoms. The number of hydrogen-bond donors (Lipinski definition) is 1. The minimum atomic E-state index is -2.91. The first-order valence-electron chi connectivity index (χ1n) is 6.78. The molecule has 0 amide bonds. The Labute approximate surface area is 131 Å². The topological polar surface area (TPSA) is 46.2 Å². The largest absolute Gasteiger partial charge is 0.310 e. The summed E-state index contributed by atoms with van der Waals surface area (Å²) in [6.07, 6.45) is 1.35. The average Bonchev–Trinajstić information content (AvgIpc) is 2.38. The summed E-state index contributed by atoms with van der Waals surface area (Å²) in [6, 6.07) is 5.46. The Morgan fingerprint density at radius 1 is 1.25 bits per heavy atom. The van der Waals surface area contributed by atoms with Crippen LogP contribution >= 0.6 is 23.2 Å². The van der Waals surface area contributed by atoms with Crippen LogP contribution in [0.3, 0.4) is 0 Å². The van der Waals surface area contributed by atoms with Crippen molar-refractivity contribution in [1.29, 1.82) is 0 Å². The van der Waals surface area contributed by atoms with Gasteiger partial charge in [-0.1, -0.05) is 43.1 Å². The van der Waals surface area contributed by atoms with Crippen molar-refractivity contribution in [2.45, 2.75) is 32.7 Å². The molecule has 0 heterocycles. The molecule has 0 spiro atoms. The van der Waals surface area contributed by atoms with E-state index in [1.165, 1.54) is 0 Å². The zero-order valence-electron chi connectivity index (χ0n) is 11.8. The van der Waals surface area contributed by atoms with E-state index in [1.54, 1.807) is 19.1 Å². The first kappa shape index (κ1) is 17.8. The lowest BCUT2D eigenvalue weighted by Crippen LogP contribution is -2.22. The Bertz CT molecular complexity index is 532. The summed E-state index contributed by atoms with van der Waals surface area (Å²) in [5, 5.41) is 4.55. The standard InChI is InChI=1S/C14H21Cl2NO2S/c1-3-17-14(6-5-9-20(18,19)4-2)12-8-7-11(15)10-13(12)16/h7-8,10,14,17H,3-6,9H2,1-2H3. The van der Waals surface area contributed by atoms with Crippen molar-refractivity contribution in [3.8, 4) is 0 Å². The van der Waals surface area contributed by atoms with Gasteiger partial charge in [0.15, 0.2) is 0 Å². The number of sulfone groups is 1. The van der Waals surface area contributed by atoms with Gasteiger partial charge in [-0.3, -0.25) is 0 Å². The Morgan fingerprint density at radius 2 is 1.95 bits per heavy atom. The third-order valence-electron chi connectivity index (χ3n) is 3.18. The molecule has 0 aliphatic carbocycles. The van der Waals surface area contributed by atoms with Crippen LogP contribution in [-0.4, -0.2) is 26.5 Å². The highest BCUT2D eigenvalue weighted by atomic mass is 35.5. The number of nitrogens with one attached hydrogen (secondary N) is 1. The van der Waals surface area contributed by atoms with Crippen LogP contribution in [0, 0.1) is 0 Å². The average molecular weight is 338 g/mol. The second-order valence-electron chi connectivity index (χ2n) is 4.65. The third kappa shape index (κ3) is 5.60. The lowest BCUT2D eigenvalue weighted by atomic mass is 10.0. The van der Waals surface area contributed by atoms with Crippen molar-refractivity contribution in [3.05, 3.63) is 33.8 Å². The number of hydrogen-bond acceptors (Lipinski definition) is 3. The van der Waals surface area contributed by atoms with E-state index in [0.717, 1.165) is 18.5 Å². The van der Waals surface area contributed by atoms with Gasteiger partial charge in [0.2, 0.25) is 0 Å². The van der Waals surface area contributed by atoms with E-state index < -0.39 is 9.84 Å². The minimum absolute atomic E-state index is 0.0526. The Balaban J connectivity index is 2.74. The van der Waals surface area contributed by atoms with Gasteiger partial charge in [0.05, 0.1) is 5.75 Å². The van der Waals surface area contributed by atoms with Gasteiger partial charge in [-0.2, -0.15) is 0 Å². The van der Waals surface area contributed by atoms with E-state index in [2.05, 4.69) is 5.32 Å². The maximum absolute atomic E-state index is 11.5. The molecule has 0 aliphatic rings. The number of rotatable bonds is 8. The maximum Gasteiger partial charge on any atom is 0.150 e. The van der Waals surface area contributed by atoms with Gasteiger partial charge in [-0.25, -0.2) is 8.42 Å². The van der Waals surface area contributed by atoms with Crippen LogP contribution in [-0.2, 0) is 9.84 Å². The predicted molar refractivity (Wildman–Crippen MR) is 86.4 cm³/mol. The van der Waals surface area contributed by atoms with Crippen LogP contribution in [0.15, 0.2) is 18.2 Å². The molecule has 1 aromatic rings. The van der Waals surface area contributed by atoms with Gasteiger partial charge in [0.25, 0.3) is 0 Å². The quantitative estimate of drug-likeness (QED) is 0.783. The van der Waals surface area contributed by atoms with E-state index in [0.29, 0.717) is 16.5 Å². The Hall–Kier alpha value is -0.290. The van der Waals surface area contributed by atoms with Gasteiger partial charge >= 0.3 is 0 Å². The smallest absolute Gasteiger partial charge is 0.150 e. The summed E-state index contributed by atoms with van der Waals surface area (Å²) >= 11 is 12.1. The van der Waals surface area contributed by atoms with Crippen molar-refractivity contribution in [2.24, 2.45) is 0 Å². The van der Waals surface area contributed by atoms with Crippen LogP contribution in [0.4, 0.5) is 0 Å². The first-order chi connectivity index (χ1) is 9.39. The van der Waals surface area contributed by atoms with Gasteiger partial charge in [0, 0.05) is 21.8 Å². The summed E-state index contributed by atoms with van der Waals surface area (Å²) in [4.78, 5) is 0. The minimum Gasteiger partial charge on any atom is -0.310 e. The van der Waals surface area contributed by atoms with Crippen molar-refractivity contribution < 1.29 is 8.42 Å². The summed E-state index contributed by atoms with van der Waals surface area (Å²) < 4.78 is 23.0.